The average Bonchev–Trinajstić information content (AvgIpc) is 3.26. The number of nitrogens with one attached hydrogen (secondary N) is 1. The van der Waals surface area contributed by atoms with Crippen LogP contribution in [0.2, 0.25) is 0 Å². The van der Waals surface area contributed by atoms with Crippen molar-refractivity contribution in [1.82, 2.24) is 5.32 Å². The van der Waals surface area contributed by atoms with Gasteiger partial charge in [0.2, 0.25) is 0 Å². The zero-order valence-electron chi connectivity index (χ0n) is 18.3. The average molecular weight is 477 g/mol. The maximum absolute atomic E-state index is 13.2. The number of aromatic carboxylic acids is 1. The molecule has 1 aromatic heterocycles. The Morgan fingerprint density at radius 3 is 2.53 bits per heavy atom. The molecule has 34 heavy (non-hydrogen) atoms. The smallest absolute Gasteiger partial charge is 0.335 e. The first-order valence-corrected chi connectivity index (χ1v) is 10.8. The van der Waals surface area contributed by atoms with Crippen molar-refractivity contribution in [1.29, 1.82) is 0 Å². The summed E-state index contributed by atoms with van der Waals surface area (Å²) < 4.78 is 11.3. The Bertz CT molecular complexity index is 1340. The van der Waals surface area contributed by atoms with Gasteiger partial charge in [-0.2, -0.15) is 0 Å². The molecule has 1 fully saturated rings. The number of ether oxygens (including phenoxy) is 1. The van der Waals surface area contributed by atoms with Crippen LogP contribution in [0.1, 0.15) is 28.6 Å². The second-order valence-electron chi connectivity index (χ2n) is 7.42. The third-order valence-electron chi connectivity index (χ3n) is 5.16. The number of aryl methyl sites for hydroxylation is 1. The summed E-state index contributed by atoms with van der Waals surface area (Å²) in [6.07, 6.45) is 1.35. The molecule has 0 aliphatic carbocycles. The number of furan rings is 1. The molecule has 2 N–H and O–H groups in total. The molecule has 0 radical (unpaired) electrons. The van der Waals surface area contributed by atoms with Crippen molar-refractivity contribution in [3.05, 3.63) is 77.1 Å². The third kappa shape index (κ3) is 4.46. The lowest BCUT2D eigenvalue weighted by Gasteiger charge is -2.28. The summed E-state index contributed by atoms with van der Waals surface area (Å²) in [5, 5.41) is 11.7. The Kier molecular flexibility index (Phi) is 6.29. The van der Waals surface area contributed by atoms with Crippen molar-refractivity contribution in [3.63, 3.8) is 0 Å². The van der Waals surface area contributed by atoms with Crippen molar-refractivity contribution >= 4 is 46.9 Å². The van der Waals surface area contributed by atoms with Gasteiger partial charge >= 0.3 is 5.97 Å². The first-order chi connectivity index (χ1) is 16.3. The SMILES string of the molecule is CCOc1ccc(N2C(=O)/C(=C/c3ccc(-c4ccc(C(=O)O)cc4C)o3)C(=O)NC2=S)cc1. The van der Waals surface area contributed by atoms with Crippen LogP contribution < -0.4 is 15.0 Å². The van der Waals surface area contributed by atoms with E-state index in [4.69, 9.17) is 26.5 Å². The lowest BCUT2D eigenvalue weighted by atomic mass is 10.0. The molecule has 2 amide bonds. The predicted molar refractivity (Wildman–Crippen MR) is 130 cm³/mol. The Morgan fingerprint density at radius 1 is 1.15 bits per heavy atom. The number of anilines is 1. The van der Waals surface area contributed by atoms with Gasteiger partial charge in [0.25, 0.3) is 11.8 Å². The van der Waals surface area contributed by atoms with Crippen molar-refractivity contribution in [2.45, 2.75) is 13.8 Å². The number of hydrogen-bond donors (Lipinski definition) is 2. The molecule has 9 heteroatoms. The fourth-order valence-corrected chi connectivity index (χ4v) is 3.82. The molecule has 1 saturated heterocycles. The molecule has 1 aliphatic rings. The minimum absolute atomic E-state index is 0.0226. The summed E-state index contributed by atoms with van der Waals surface area (Å²) in [5.41, 5.74) is 1.93. The standard InChI is InChI=1S/C25H20N2O6S/c1-3-32-17-7-5-16(6-8-17)27-23(29)20(22(28)26-25(27)34)13-18-9-11-21(33-18)19-10-4-15(24(30)31)12-14(19)2/h4-13H,3H2,1-2H3,(H,30,31)(H,26,28,34)/b20-13+. The largest absolute Gasteiger partial charge is 0.494 e. The monoisotopic (exact) mass is 476 g/mol. The normalized spacial score (nSPS) is 14.9. The second kappa shape index (κ2) is 9.32. The number of carbonyl (C=O) groups is 3. The van der Waals surface area contributed by atoms with Crippen molar-refractivity contribution in [2.24, 2.45) is 0 Å². The van der Waals surface area contributed by atoms with Crippen molar-refractivity contribution in [2.75, 3.05) is 11.5 Å². The topological polar surface area (TPSA) is 109 Å². The maximum atomic E-state index is 13.2. The number of amides is 2. The van der Waals surface area contributed by atoms with Gasteiger partial charge in [-0.15, -0.1) is 0 Å². The second-order valence-corrected chi connectivity index (χ2v) is 7.81. The highest BCUT2D eigenvalue weighted by Crippen LogP contribution is 2.29. The molecule has 2 aromatic carbocycles. The first kappa shape index (κ1) is 22.9. The van der Waals surface area contributed by atoms with Gasteiger partial charge in [0.1, 0.15) is 22.8 Å². The molecule has 8 nitrogen and oxygen atoms in total. The molecule has 0 spiro atoms. The highest BCUT2D eigenvalue weighted by atomic mass is 32.1. The maximum Gasteiger partial charge on any atom is 0.335 e. The highest BCUT2D eigenvalue weighted by molar-refractivity contribution is 7.80. The van der Waals surface area contributed by atoms with Gasteiger partial charge in [0.15, 0.2) is 5.11 Å². The van der Waals surface area contributed by atoms with Crippen LogP contribution in [-0.2, 0) is 9.59 Å². The number of thiocarbonyl (C=S) groups is 1. The fraction of sp³-hybridized carbons (Fsp3) is 0.120. The van der Waals surface area contributed by atoms with E-state index in [2.05, 4.69) is 5.32 Å². The summed E-state index contributed by atoms with van der Waals surface area (Å²) in [6.45, 7) is 4.16. The molecule has 1 aliphatic heterocycles. The molecule has 0 atom stereocenters. The Balaban J connectivity index is 1.63. The first-order valence-electron chi connectivity index (χ1n) is 10.4. The van der Waals surface area contributed by atoms with Gasteiger partial charge in [-0.05, 0) is 86.2 Å². The van der Waals surface area contributed by atoms with E-state index in [1.165, 1.54) is 17.0 Å². The van der Waals surface area contributed by atoms with Gasteiger partial charge in [-0.1, -0.05) is 6.07 Å². The zero-order chi connectivity index (χ0) is 24.4. The number of carbonyl (C=O) groups excluding carboxylic acids is 2. The number of carboxylic acids is 1. The van der Waals surface area contributed by atoms with Crippen LogP contribution >= 0.6 is 12.2 Å². The van der Waals surface area contributed by atoms with E-state index in [1.807, 2.05) is 6.92 Å². The van der Waals surface area contributed by atoms with Gasteiger partial charge in [-0.25, -0.2) is 4.79 Å². The van der Waals surface area contributed by atoms with Gasteiger partial charge in [0, 0.05) is 5.56 Å². The number of carboxylic acid groups (broad SMARTS) is 1. The van der Waals surface area contributed by atoms with Crippen LogP contribution in [0.25, 0.3) is 17.4 Å². The van der Waals surface area contributed by atoms with Crippen molar-refractivity contribution < 1.29 is 28.6 Å². The van der Waals surface area contributed by atoms with Crippen molar-refractivity contribution in [3.8, 4) is 17.1 Å². The van der Waals surface area contributed by atoms with E-state index in [1.54, 1.807) is 55.5 Å². The molecular formula is C25H20N2O6S. The Morgan fingerprint density at radius 2 is 1.88 bits per heavy atom. The Hall–Kier alpha value is -4.24. The lowest BCUT2D eigenvalue weighted by molar-refractivity contribution is -0.122. The highest BCUT2D eigenvalue weighted by Gasteiger charge is 2.34. The molecule has 0 bridgehead atoms. The van der Waals surface area contributed by atoms with Crippen LogP contribution in [0.4, 0.5) is 5.69 Å². The van der Waals surface area contributed by atoms with E-state index in [-0.39, 0.29) is 22.0 Å². The van der Waals surface area contributed by atoms with Crippen LogP contribution in [0.15, 0.2) is 64.6 Å². The number of hydrogen-bond acceptors (Lipinski definition) is 6. The summed E-state index contributed by atoms with van der Waals surface area (Å²) in [4.78, 5) is 38.1. The molecule has 4 rings (SSSR count). The fourth-order valence-electron chi connectivity index (χ4n) is 3.54. The number of nitrogens with zero attached hydrogens (tertiary/aromatic N) is 1. The minimum atomic E-state index is -1.02. The van der Waals surface area contributed by atoms with Crippen LogP contribution in [0.5, 0.6) is 5.75 Å². The summed E-state index contributed by atoms with van der Waals surface area (Å²) in [6, 6.07) is 14.8. The molecule has 0 saturated carbocycles. The quantitative estimate of drug-likeness (QED) is 0.312. The summed E-state index contributed by atoms with van der Waals surface area (Å²) >= 11 is 5.23. The van der Waals surface area contributed by atoms with Crippen LogP contribution in [-0.4, -0.2) is 34.6 Å². The van der Waals surface area contributed by atoms with Gasteiger partial charge in [0.05, 0.1) is 17.9 Å². The van der Waals surface area contributed by atoms with Crippen LogP contribution in [0.3, 0.4) is 0 Å². The van der Waals surface area contributed by atoms with E-state index in [0.717, 1.165) is 0 Å². The number of benzene rings is 2. The van der Waals surface area contributed by atoms with Gasteiger partial charge in [-0.3, -0.25) is 19.8 Å². The zero-order valence-corrected chi connectivity index (χ0v) is 19.1. The van der Waals surface area contributed by atoms with Crippen LogP contribution in [0, 0.1) is 6.92 Å². The Labute approximate surface area is 200 Å². The predicted octanol–water partition coefficient (Wildman–Crippen LogP) is 4.18. The molecule has 0 unspecified atom stereocenters. The molecule has 172 valence electrons. The minimum Gasteiger partial charge on any atom is -0.494 e. The molecular weight excluding hydrogens is 456 g/mol. The van der Waals surface area contributed by atoms with E-state index < -0.39 is 17.8 Å². The van der Waals surface area contributed by atoms with E-state index in [0.29, 0.717) is 34.9 Å². The lowest BCUT2D eigenvalue weighted by Crippen LogP contribution is -2.54. The summed E-state index contributed by atoms with van der Waals surface area (Å²) in [5.74, 6) is -0.818. The molecule has 2 heterocycles. The van der Waals surface area contributed by atoms with E-state index >= 15 is 0 Å². The molecule has 3 aromatic rings. The van der Waals surface area contributed by atoms with Gasteiger partial charge < -0.3 is 14.3 Å². The van der Waals surface area contributed by atoms with E-state index in [9.17, 15) is 14.4 Å². The summed E-state index contributed by atoms with van der Waals surface area (Å²) in [7, 11) is 0. The number of rotatable bonds is 6. The third-order valence-corrected chi connectivity index (χ3v) is 5.44.